The van der Waals surface area contributed by atoms with Crippen LogP contribution in [-0.4, -0.2) is 63.0 Å². The maximum atomic E-state index is 12.7. The Balaban J connectivity index is 4.35. The van der Waals surface area contributed by atoms with Crippen LogP contribution in [0.15, 0.2) is 0 Å². The van der Waals surface area contributed by atoms with Crippen LogP contribution in [0.1, 0.15) is 235 Å². The van der Waals surface area contributed by atoms with Crippen molar-refractivity contribution < 1.29 is 23.8 Å². The van der Waals surface area contributed by atoms with E-state index in [1.54, 1.807) is 0 Å². The lowest BCUT2D eigenvalue weighted by Gasteiger charge is -2.29. The van der Waals surface area contributed by atoms with Gasteiger partial charge >= 0.3 is 0 Å². The zero-order valence-corrected chi connectivity index (χ0v) is 37.4. The monoisotopic (exact) mass is 767 g/mol. The van der Waals surface area contributed by atoms with Gasteiger partial charge in [-0.05, 0) is 44.9 Å². The molecule has 0 bridgehead atoms. The molecule has 0 aliphatic rings. The second kappa shape index (κ2) is 37.4. The first-order chi connectivity index (χ1) is 26.0. The number of carbonyl (C=O) groups is 2. The average Bonchev–Trinajstić information content (AvgIpc) is 3.14. The Bertz CT molecular complexity index is 833. The second-order valence-corrected chi connectivity index (χ2v) is 17.6. The zero-order valence-electron chi connectivity index (χ0n) is 37.4. The van der Waals surface area contributed by atoms with Crippen molar-refractivity contribution in [2.45, 2.75) is 246 Å². The fourth-order valence-electron chi connectivity index (χ4n) is 6.61. The van der Waals surface area contributed by atoms with E-state index < -0.39 is 0 Å². The molecule has 0 spiro atoms. The summed E-state index contributed by atoms with van der Waals surface area (Å²) in [5.74, 6) is -0.217. The molecule has 0 aliphatic carbocycles. The maximum Gasteiger partial charge on any atom is 0.220 e. The number of nitrogens with one attached hydrogen (secondary N) is 2. The summed E-state index contributed by atoms with van der Waals surface area (Å²) in [6.07, 6.45) is 34.8. The van der Waals surface area contributed by atoms with Gasteiger partial charge in [0.15, 0.2) is 0 Å². The largest absolute Gasteiger partial charge is 0.379 e. The topological polar surface area (TPSA) is 85.9 Å². The third-order valence-corrected chi connectivity index (χ3v) is 11.2. The molecule has 7 nitrogen and oxygen atoms in total. The highest BCUT2D eigenvalue weighted by Gasteiger charge is 2.21. The van der Waals surface area contributed by atoms with E-state index in [0.29, 0.717) is 26.3 Å². The number of carbonyl (C=O) groups excluding carboxylic acids is 2. The lowest BCUT2D eigenvalue weighted by molar-refractivity contribution is -0.127. The molecule has 7 heteroatoms. The van der Waals surface area contributed by atoms with Gasteiger partial charge in [0.25, 0.3) is 0 Å². The maximum absolute atomic E-state index is 12.7. The van der Waals surface area contributed by atoms with Gasteiger partial charge in [-0.3, -0.25) is 9.59 Å². The van der Waals surface area contributed by atoms with Crippen molar-refractivity contribution in [3.63, 3.8) is 0 Å². The van der Waals surface area contributed by atoms with E-state index in [4.69, 9.17) is 14.2 Å². The van der Waals surface area contributed by atoms with Gasteiger partial charge in [0.05, 0.1) is 18.3 Å². The predicted molar refractivity (Wildman–Crippen MR) is 231 cm³/mol. The molecular weight excluding hydrogens is 673 g/mol. The number of hydrogen-bond acceptors (Lipinski definition) is 5. The lowest BCUT2D eigenvalue weighted by Crippen LogP contribution is -2.37. The van der Waals surface area contributed by atoms with Crippen LogP contribution >= 0.6 is 0 Å². The van der Waals surface area contributed by atoms with Crippen LogP contribution < -0.4 is 10.6 Å². The van der Waals surface area contributed by atoms with Gasteiger partial charge in [0.2, 0.25) is 11.8 Å². The summed E-state index contributed by atoms with van der Waals surface area (Å²) in [5, 5.41) is 5.98. The third-order valence-electron chi connectivity index (χ3n) is 11.2. The van der Waals surface area contributed by atoms with Crippen LogP contribution in [0.4, 0.5) is 0 Å². The van der Waals surface area contributed by atoms with Gasteiger partial charge in [0, 0.05) is 45.8 Å². The molecule has 0 saturated carbocycles. The molecule has 0 rings (SSSR count). The van der Waals surface area contributed by atoms with Gasteiger partial charge in [-0.2, -0.15) is 0 Å². The molecule has 322 valence electrons. The molecule has 0 saturated heterocycles. The predicted octanol–water partition coefficient (Wildman–Crippen LogP) is 12.8. The summed E-state index contributed by atoms with van der Waals surface area (Å²) in [7, 11) is 0. The minimum absolute atomic E-state index is 0.0985. The Morgan fingerprint density at radius 3 is 1.41 bits per heavy atom. The molecule has 1 atom stereocenters. The molecule has 0 aliphatic heterocycles. The zero-order chi connectivity index (χ0) is 40.0. The van der Waals surface area contributed by atoms with Crippen molar-refractivity contribution in [2.24, 2.45) is 5.41 Å². The molecular formula is C47H94N2O5. The standard InChI is InChI=1S/C47H94N2O5/c1-8-11-13-15-17-19-21-23-25-27-29-31-38-52-42-43(53-39-32-30-28-26-24-22-20-18-16-14-12-9-2)41-49-45(51)34-33-44(50)48-37-35-47(6,7)54-40-36-46(4,5)10-3/h43H,8-42H2,1-7H3,(H,48,50)(H,49,51). The average molecular weight is 767 g/mol. The minimum atomic E-state index is -0.300. The van der Waals surface area contributed by atoms with Gasteiger partial charge in [-0.25, -0.2) is 0 Å². The van der Waals surface area contributed by atoms with Crippen molar-refractivity contribution in [1.82, 2.24) is 10.6 Å². The molecule has 0 heterocycles. The van der Waals surface area contributed by atoms with Crippen molar-refractivity contribution >= 4 is 11.8 Å². The van der Waals surface area contributed by atoms with Gasteiger partial charge in [-0.15, -0.1) is 0 Å². The summed E-state index contributed by atoms with van der Waals surface area (Å²) in [6.45, 7) is 19.0. The number of hydrogen-bond donors (Lipinski definition) is 2. The van der Waals surface area contributed by atoms with Gasteiger partial charge in [-0.1, -0.05) is 182 Å². The van der Waals surface area contributed by atoms with Crippen molar-refractivity contribution in [1.29, 1.82) is 0 Å². The highest BCUT2D eigenvalue weighted by molar-refractivity contribution is 5.83. The first-order valence-corrected chi connectivity index (χ1v) is 23.4. The lowest BCUT2D eigenvalue weighted by atomic mass is 9.87. The van der Waals surface area contributed by atoms with Crippen LogP contribution in [0.25, 0.3) is 0 Å². The van der Waals surface area contributed by atoms with Crippen molar-refractivity contribution in [3.05, 3.63) is 0 Å². The molecule has 0 aromatic carbocycles. The molecule has 1 unspecified atom stereocenters. The molecule has 54 heavy (non-hydrogen) atoms. The number of rotatable bonds is 42. The minimum Gasteiger partial charge on any atom is -0.379 e. The van der Waals surface area contributed by atoms with E-state index >= 15 is 0 Å². The highest BCUT2D eigenvalue weighted by Crippen LogP contribution is 2.26. The number of amides is 2. The summed E-state index contributed by atoms with van der Waals surface area (Å²) in [4.78, 5) is 25.2. The van der Waals surface area contributed by atoms with E-state index in [1.807, 2.05) is 0 Å². The second-order valence-electron chi connectivity index (χ2n) is 17.6. The van der Waals surface area contributed by atoms with E-state index in [1.165, 1.54) is 141 Å². The fraction of sp³-hybridized carbons (Fsp3) is 0.957. The quantitative estimate of drug-likeness (QED) is 0.0604. The van der Waals surface area contributed by atoms with Crippen LogP contribution in [0, 0.1) is 5.41 Å². The SMILES string of the molecule is CCCCCCCCCCCCCCOCC(CNC(=O)CCC(=O)NCCC(C)(C)OCCC(C)(C)CC)OCCCCCCCCCCCCCC. The van der Waals surface area contributed by atoms with Crippen LogP contribution in [0.3, 0.4) is 0 Å². The normalized spacial score (nSPS) is 12.6. The van der Waals surface area contributed by atoms with Crippen LogP contribution in [-0.2, 0) is 23.8 Å². The Kier molecular flexibility index (Phi) is 36.6. The molecule has 2 amide bonds. The Morgan fingerprint density at radius 1 is 0.519 bits per heavy atom. The highest BCUT2D eigenvalue weighted by atomic mass is 16.5. The van der Waals surface area contributed by atoms with Crippen LogP contribution in [0.5, 0.6) is 0 Å². The summed E-state index contributed by atoms with van der Waals surface area (Å²) in [5.41, 5.74) is -0.0199. The molecule has 0 aromatic rings. The molecule has 0 radical (unpaired) electrons. The summed E-state index contributed by atoms with van der Waals surface area (Å²) < 4.78 is 18.4. The van der Waals surface area contributed by atoms with E-state index in [0.717, 1.165) is 45.3 Å². The summed E-state index contributed by atoms with van der Waals surface area (Å²) >= 11 is 0. The number of unbranched alkanes of at least 4 members (excludes halogenated alkanes) is 22. The van der Waals surface area contributed by atoms with Crippen molar-refractivity contribution in [3.8, 4) is 0 Å². The van der Waals surface area contributed by atoms with Gasteiger partial charge in [0.1, 0.15) is 0 Å². The summed E-state index contributed by atoms with van der Waals surface area (Å²) in [6, 6.07) is 0. The van der Waals surface area contributed by atoms with E-state index in [2.05, 4.69) is 59.1 Å². The Morgan fingerprint density at radius 2 is 0.944 bits per heavy atom. The van der Waals surface area contributed by atoms with E-state index in [-0.39, 0.29) is 41.8 Å². The molecule has 0 fully saturated rings. The van der Waals surface area contributed by atoms with Gasteiger partial charge < -0.3 is 24.8 Å². The Labute approximate surface area is 336 Å². The fourth-order valence-corrected chi connectivity index (χ4v) is 6.61. The molecule has 2 N–H and O–H groups in total. The van der Waals surface area contributed by atoms with Crippen LogP contribution in [0.2, 0.25) is 0 Å². The Hall–Kier alpha value is -1.18. The number of ether oxygens (including phenoxy) is 3. The smallest absolute Gasteiger partial charge is 0.220 e. The molecule has 0 aromatic heterocycles. The van der Waals surface area contributed by atoms with Crippen molar-refractivity contribution in [2.75, 3.05) is 39.5 Å². The first kappa shape index (κ1) is 52.8. The third kappa shape index (κ3) is 37.7. The van der Waals surface area contributed by atoms with E-state index in [9.17, 15) is 9.59 Å². The first-order valence-electron chi connectivity index (χ1n) is 23.4.